The van der Waals surface area contributed by atoms with Crippen LogP contribution in [0.2, 0.25) is 0 Å². The second-order valence-corrected chi connectivity index (χ2v) is 8.28. The fourth-order valence-corrected chi connectivity index (χ4v) is 3.68. The lowest BCUT2D eigenvalue weighted by molar-refractivity contribution is -0.120. The lowest BCUT2D eigenvalue weighted by Gasteiger charge is -2.23. The zero-order valence-corrected chi connectivity index (χ0v) is 16.7. The molecule has 1 aliphatic heterocycles. The van der Waals surface area contributed by atoms with E-state index in [0.29, 0.717) is 22.9 Å². The van der Waals surface area contributed by atoms with E-state index in [1.807, 2.05) is 19.1 Å². The van der Waals surface area contributed by atoms with Gasteiger partial charge in [0, 0.05) is 6.07 Å². The van der Waals surface area contributed by atoms with Crippen LogP contribution in [-0.4, -0.2) is 41.0 Å². The molecule has 2 aromatic rings. The molecule has 0 aliphatic carbocycles. The standard InChI is InChI=1S/C19H22N2O6S/c1-13(14-4-7-16(25-2)8-5-14)20-19(22)11-21(28(3,23)24)15-6-9-17-18(10-15)27-12-26-17/h4-10,13H,11-12H2,1-3H3,(H,20,22). The van der Waals surface area contributed by atoms with Gasteiger partial charge in [-0.05, 0) is 36.8 Å². The van der Waals surface area contributed by atoms with E-state index in [1.54, 1.807) is 37.4 Å². The molecule has 1 atom stereocenters. The summed E-state index contributed by atoms with van der Waals surface area (Å²) >= 11 is 0. The van der Waals surface area contributed by atoms with Crippen molar-refractivity contribution in [2.75, 3.05) is 31.0 Å². The third-order valence-electron chi connectivity index (χ3n) is 4.32. The first-order valence-corrected chi connectivity index (χ1v) is 10.4. The topological polar surface area (TPSA) is 94.2 Å². The molecule has 3 rings (SSSR count). The third-order valence-corrected chi connectivity index (χ3v) is 5.47. The van der Waals surface area contributed by atoms with Gasteiger partial charge in [-0.3, -0.25) is 9.10 Å². The van der Waals surface area contributed by atoms with Gasteiger partial charge in [0.05, 0.1) is 25.1 Å². The van der Waals surface area contributed by atoms with Gasteiger partial charge in [0.2, 0.25) is 22.7 Å². The smallest absolute Gasteiger partial charge is 0.241 e. The van der Waals surface area contributed by atoms with Crippen LogP contribution in [0.25, 0.3) is 0 Å². The normalized spacial score (nSPS) is 13.7. The summed E-state index contributed by atoms with van der Waals surface area (Å²) in [6.07, 6.45) is 1.05. The first kappa shape index (κ1) is 19.8. The number of sulfonamides is 1. The zero-order valence-electron chi connectivity index (χ0n) is 15.8. The average molecular weight is 406 g/mol. The van der Waals surface area contributed by atoms with Gasteiger partial charge in [0.15, 0.2) is 11.5 Å². The Kier molecular flexibility index (Phi) is 5.64. The van der Waals surface area contributed by atoms with E-state index >= 15 is 0 Å². The Balaban J connectivity index is 1.73. The van der Waals surface area contributed by atoms with Crippen LogP contribution in [-0.2, 0) is 14.8 Å². The highest BCUT2D eigenvalue weighted by Crippen LogP contribution is 2.36. The van der Waals surface area contributed by atoms with E-state index in [2.05, 4.69) is 5.32 Å². The number of carbonyl (C=O) groups excluding carboxylic acids is 1. The van der Waals surface area contributed by atoms with Crippen molar-refractivity contribution in [1.82, 2.24) is 5.32 Å². The summed E-state index contributed by atoms with van der Waals surface area (Å²) in [6.45, 7) is 1.56. The first-order chi connectivity index (χ1) is 13.3. The van der Waals surface area contributed by atoms with Crippen LogP contribution in [0.3, 0.4) is 0 Å². The van der Waals surface area contributed by atoms with Gasteiger partial charge in [-0.15, -0.1) is 0 Å². The van der Waals surface area contributed by atoms with E-state index in [0.717, 1.165) is 16.1 Å². The van der Waals surface area contributed by atoms with Crippen LogP contribution in [0.15, 0.2) is 42.5 Å². The number of ether oxygens (including phenoxy) is 3. The van der Waals surface area contributed by atoms with E-state index in [9.17, 15) is 13.2 Å². The Hall–Kier alpha value is -2.94. The second kappa shape index (κ2) is 7.97. The predicted octanol–water partition coefficient (Wildman–Crippen LogP) is 2.07. The largest absolute Gasteiger partial charge is 0.497 e. The summed E-state index contributed by atoms with van der Waals surface area (Å²) in [7, 11) is -2.10. The molecule has 1 N–H and O–H groups in total. The van der Waals surface area contributed by atoms with Crippen LogP contribution in [0.5, 0.6) is 17.2 Å². The quantitative estimate of drug-likeness (QED) is 0.757. The van der Waals surface area contributed by atoms with E-state index in [-0.39, 0.29) is 19.4 Å². The van der Waals surface area contributed by atoms with Crippen molar-refractivity contribution in [2.24, 2.45) is 0 Å². The molecule has 150 valence electrons. The van der Waals surface area contributed by atoms with E-state index in [1.165, 1.54) is 0 Å². The molecule has 1 unspecified atom stereocenters. The molecule has 1 aliphatic rings. The number of anilines is 1. The molecule has 0 radical (unpaired) electrons. The Labute approximate surface area is 164 Å². The summed E-state index contributed by atoms with van der Waals surface area (Å²) in [5, 5.41) is 2.82. The maximum atomic E-state index is 12.5. The Morgan fingerprint density at radius 2 is 1.86 bits per heavy atom. The summed E-state index contributed by atoms with van der Waals surface area (Å²) in [5.74, 6) is 1.27. The van der Waals surface area contributed by atoms with Crippen LogP contribution in [0.4, 0.5) is 5.69 Å². The first-order valence-electron chi connectivity index (χ1n) is 8.58. The van der Waals surface area contributed by atoms with Gasteiger partial charge >= 0.3 is 0 Å². The number of rotatable bonds is 7. The van der Waals surface area contributed by atoms with Crippen molar-refractivity contribution in [3.8, 4) is 17.2 Å². The van der Waals surface area contributed by atoms with Crippen molar-refractivity contribution >= 4 is 21.6 Å². The maximum Gasteiger partial charge on any atom is 0.241 e. The fourth-order valence-electron chi connectivity index (χ4n) is 2.83. The highest BCUT2D eigenvalue weighted by molar-refractivity contribution is 7.92. The molecule has 1 amide bonds. The van der Waals surface area contributed by atoms with Crippen molar-refractivity contribution in [3.63, 3.8) is 0 Å². The minimum Gasteiger partial charge on any atom is -0.497 e. The summed E-state index contributed by atoms with van der Waals surface area (Å²) in [6, 6.07) is 11.7. The van der Waals surface area contributed by atoms with E-state index < -0.39 is 15.9 Å². The molecule has 1 heterocycles. The minimum absolute atomic E-state index is 0.0809. The molecule has 0 saturated carbocycles. The van der Waals surface area contributed by atoms with E-state index in [4.69, 9.17) is 14.2 Å². The highest BCUT2D eigenvalue weighted by atomic mass is 32.2. The van der Waals surface area contributed by atoms with Gasteiger partial charge in [-0.1, -0.05) is 12.1 Å². The molecule has 28 heavy (non-hydrogen) atoms. The van der Waals surface area contributed by atoms with Gasteiger partial charge < -0.3 is 19.5 Å². The molecule has 0 bridgehead atoms. The van der Waals surface area contributed by atoms with Gasteiger partial charge in [-0.2, -0.15) is 0 Å². The summed E-state index contributed by atoms with van der Waals surface area (Å²) in [4.78, 5) is 12.5. The maximum absolute atomic E-state index is 12.5. The van der Waals surface area contributed by atoms with Gasteiger partial charge in [0.1, 0.15) is 12.3 Å². The number of fused-ring (bicyclic) bond motifs is 1. The molecular formula is C19H22N2O6S. The number of nitrogens with zero attached hydrogens (tertiary/aromatic N) is 1. The van der Waals surface area contributed by atoms with Gasteiger partial charge in [-0.25, -0.2) is 8.42 Å². The van der Waals surface area contributed by atoms with Crippen LogP contribution < -0.4 is 23.8 Å². The average Bonchev–Trinajstić information content (AvgIpc) is 3.13. The second-order valence-electron chi connectivity index (χ2n) is 6.37. The highest BCUT2D eigenvalue weighted by Gasteiger charge is 2.24. The SMILES string of the molecule is COc1ccc(C(C)NC(=O)CN(c2ccc3c(c2)OCO3)S(C)(=O)=O)cc1. The number of nitrogens with one attached hydrogen (secondary N) is 1. The molecule has 0 aromatic heterocycles. The molecule has 0 fully saturated rings. The van der Waals surface area contributed by atoms with Crippen molar-refractivity contribution < 1.29 is 27.4 Å². The summed E-state index contributed by atoms with van der Waals surface area (Å²) < 4.78 is 41.2. The van der Waals surface area contributed by atoms with Crippen molar-refractivity contribution in [1.29, 1.82) is 0 Å². The number of carbonyl (C=O) groups is 1. The predicted molar refractivity (Wildman–Crippen MR) is 104 cm³/mol. The fraction of sp³-hybridized carbons (Fsp3) is 0.316. The zero-order chi connectivity index (χ0) is 20.3. The van der Waals surface area contributed by atoms with Crippen LogP contribution >= 0.6 is 0 Å². The third kappa shape index (κ3) is 4.48. The number of benzene rings is 2. The molecule has 0 spiro atoms. The number of hydrogen-bond donors (Lipinski definition) is 1. The molecule has 0 saturated heterocycles. The summed E-state index contributed by atoms with van der Waals surface area (Å²) in [5.41, 5.74) is 1.21. The minimum atomic E-state index is -3.68. The lowest BCUT2D eigenvalue weighted by atomic mass is 10.1. The molecule has 2 aromatic carbocycles. The van der Waals surface area contributed by atoms with Crippen LogP contribution in [0.1, 0.15) is 18.5 Å². The van der Waals surface area contributed by atoms with Crippen molar-refractivity contribution in [2.45, 2.75) is 13.0 Å². The van der Waals surface area contributed by atoms with Gasteiger partial charge in [0.25, 0.3) is 0 Å². The monoisotopic (exact) mass is 406 g/mol. The number of methoxy groups -OCH3 is 1. The Morgan fingerprint density at radius 3 is 2.50 bits per heavy atom. The molecular weight excluding hydrogens is 384 g/mol. The number of hydrogen-bond acceptors (Lipinski definition) is 6. The molecule has 8 nitrogen and oxygen atoms in total. The molecule has 9 heteroatoms. The van der Waals surface area contributed by atoms with Crippen molar-refractivity contribution in [3.05, 3.63) is 48.0 Å². The Morgan fingerprint density at radius 1 is 1.18 bits per heavy atom. The number of amides is 1. The van der Waals surface area contributed by atoms with Crippen LogP contribution in [0, 0.1) is 0 Å². The lowest BCUT2D eigenvalue weighted by Crippen LogP contribution is -2.41. The Bertz CT molecular complexity index is 959.